The normalized spacial score (nSPS) is 12.2. The van der Waals surface area contributed by atoms with Crippen LogP contribution < -0.4 is 9.47 Å². The van der Waals surface area contributed by atoms with Crippen molar-refractivity contribution in [3.63, 3.8) is 0 Å². The third-order valence-corrected chi connectivity index (χ3v) is 4.00. The first-order valence-corrected chi connectivity index (χ1v) is 8.83. The topological polar surface area (TPSA) is 41.9 Å². The Labute approximate surface area is 151 Å². The summed E-state index contributed by atoms with van der Waals surface area (Å²) in [4.78, 5) is 2.27. The van der Waals surface area contributed by atoms with Crippen molar-refractivity contribution in [3.05, 3.63) is 59.7 Å². The number of ether oxygens (including phenoxy) is 2. The lowest BCUT2D eigenvalue weighted by Gasteiger charge is -2.25. The smallest absolute Gasteiger partial charge is 0.119 e. The average Bonchev–Trinajstić information content (AvgIpc) is 2.60. The van der Waals surface area contributed by atoms with Gasteiger partial charge < -0.3 is 14.6 Å². The first-order valence-electron chi connectivity index (χ1n) is 8.83. The fourth-order valence-corrected chi connectivity index (χ4v) is 2.83. The molecule has 4 nitrogen and oxygen atoms in total. The largest absolute Gasteiger partial charge is 0.497 e. The Hall–Kier alpha value is -2.04. The molecule has 2 rings (SSSR count). The number of aliphatic hydroxyl groups excluding tert-OH is 1. The maximum atomic E-state index is 10.3. The number of nitrogens with zero attached hydrogens (tertiary/aromatic N) is 1. The second-order valence-corrected chi connectivity index (χ2v) is 6.36. The Kier molecular flexibility index (Phi) is 7.76. The lowest BCUT2D eigenvalue weighted by atomic mass is 10.1. The van der Waals surface area contributed by atoms with E-state index in [-0.39, 0.29) is 6.61 Å². The van der Waals surface area contributed by atoms with Crippen LogP contribution in [0, 0.1) is 6.92 Å². The number of methoxy groups -OCH3 is 1. The number of benzene rings is 2. The molecule has 0 bridgehead atoms. The van der Waals surface area contributed by atoms with Crippen LogP contribution >= 0.6 is 0 Å². The van der Waals surface area contributed by atoms with Gasteiger partial charge in [-0.05, 0) is 49.7 Å². The van der Waals surface area contributed by atoms with Crippen molar-refractivity contribution in [2.75, 3.05) is 26.8 Å². The predicted octanol–water partition coefficient (Wildman–Crippen LogP) is 3.66. The molecule has 25 heavy (non-hydrogen) atoms. The van der Waals surface area contributed by atoms with Gasteiger partial charge in [-0.25, -0.2) is 0 Å². The van der Waals surface area contributed by atoms with Crippen LogP contribution in [0.25, 0.3) is 0 Å². The minimum Gasteiger partial charge on any atom is -0.497 e. The molecule has 1 atom stereocenters. The summed E-state index contributed by atoms with van der Waals surface area (Å²) in [6, 6.07) is 15.9. The zero-order valence-corrected chi connectivity index (χ0v) is 15.4. The minimum atomic E-state index is -0.529. The molecule has 2 aromatic rings. The molecule has 0 amide bonds. The number of hydrogen-bond acceptors (Lipinski definition) is 4. The second kappa shape index (κ2) is 10.1. The maximum absolute atomic E-state index is 10.3. The van der Waals surface area contributed by atoms with Gasteiger partial charge in [0, 0.05) is 13.1 Å². The van der Waals surface area contributed by atoms with E-state index >= 15 is 0 Å². The highest BCUT2D eigenvalue weighted by molar-refractivity contribution is 5.31. The molecule has 136 valence electrons. The van der Waals surface area contributed by atoms with Gasteiger partial charge in [-0.3, -0.25) is 4.90 Å². The summed E-state index contributed by atoms with van der Waals surface area (Å²) in [5.41, 5.74) is 2.54. The van der Waals surface area contributed by atoms with Crippen LogP contribution in [-0.2, 0) is 6.54 Å². The molecule has 0 unspecified atom stereocenters. The molecule has 0 aromatic heterocycles. The first-order chi connectivity index (χ1) is 12.1. The van der Waals surface area contributed by atoms with Crippen molar-refractivity contribution in [1.29, 1.82) is 0 Å². The van der Waals surface area contributed by atoms with Crippen molar-refractivity contribution in [2.24, 2.45) is 0 Å². The molecule has 2 aromatic carbocycles. The Balaban J connectivity index is 1.85. The molecule has 0 spiro atoms. The van der Waals surface area contributed by atoms with E-state index in [1.54, 1.807) is 7.11 Å². The summed E-state index contributed by atoms with van der Waals surface area (Å²) >= 11 is 0. The van der Waals surface area contributed by atoms with Crippen molar-refractivity contribution in [2.45, 2.75) is 32.9 Å². The van der Waals surface area contributed by atoms with Crippen LogP contribution in [0.3, 0.4) is 0 Å². The second-order valence-electron chi connectivity index (χ2n) is 6.36. The minimum absolute atomic E-state index is 0.278. The van der Waals surface area contributed by atoms with E-state index in [9.17, 15) is 5.11 Å². The van der Waals surface area contributed by atoms with E-state index < -0.39 is 6.10 Å². The Bertz CT molecular complexity index is 627. The van der Waals surface area contributed by atoms with Crippen LogP contribution in [0.15, 0.2) is 48.5 Å². The number of aliphatic hydroxyl groups is 1. The highest BCUT2D eigenvalue weighted by atomic mass is 16.5. The molecule has 0 fully saturated rings. The highest BCUT2D eigenvalue weighted by Crippen LogP contribution is 2.17. The number of rotatable bonds is 10. The van der Waals surface area contributed by atoms with Crippen LogP contribution in [0.2, 0.25) is 0 Å². The molecule has 4 heteroatoms. The Morgan fingerprint density at radius 3 is 2.44 bits per heavy atom. The molecule has 1 N–H and O–H groups in total. The van der Waals surface area contributed by atoms with Crippen molar-refractivity contribution in [3.8, 4) is 11.5 Å². The zero-order chi connectivity index (χ0) is 18.1. The summed E-state index contributed by atoms with van der Waals surface area (Å²) < 4.78 is 10.8. The molecule has 0 radical (unpaired) electrons. The molecule has 0 aliphatic rings. The predicted molar refractivity (Wildman–Crippen MR) is 101 cm³/mol. The van der Waals surface area contributed by atoms with Gasteiger partial charge in [-0.2, -0.15) is 0 Å². The summed E-state index contributed by atoms with van der Waals surface area (Å²) in [6.07, 6.45) is 0.524. The first kappa shape index (κ1) is 19.3. The van der Waals surface area contributed by atoms with Gasteiger partial charge in [0.2, 0.25) is 0 Å². The van der Waals surface area contributed by atoms with Gasteiger partial charge >= 0.3 is 0 Å². The fourth-order valence-electron chi connectivity index (χ4n) is 2.83. The molecule has 0 heterocycles. The Morgan fingerprint density at radius 1 is 1.08 bits per heavy atom. The zero-order valence-electron chi connectivity index (χ0n) is 15.4. The van der Waals surface area contributed by atoms with Gasteiger partial charge in [0.15, 0.2) is 0 Å². The van der Waals surface area contributed by atoms with Crippen molar-refractivity contribution in [1.82, 2.24) is 4.90 Å². The fraction of sp³-hybridized carbons (Fsp3) is 0.429. The average molecular weight is 343 g/mol. The standard InChI is InChI=1S/C21H29NO3/c1-4-12-22(14-18-7-5-6-17(2)13-18)15-19(23)16-25-21-10-8-20(24-3)9-11-21/h5-11,13,19,23H,4,12,14-16H2,1-3H3/t19-/m0/s1. The lowest BCUT2D eigenvalue weighted by Crippen LogP contribution is -2.35. The Morgan fingerprint density at radius 2 is 1.80 bits per heavy atom. The third kappa shape index (κ3) is 6.77. The van der Waals surface area contributed by atoms with Crippen LogP contribution in [0.1, 0.15) is 24.5 Å². The van der Waals surface area contributed by atoms with E-state index in [1.165, 1.54) is 11.1 Å². The van der Waals surface area contributed by atoms with E-state index in [0.717, 1.165) is 31.0 Å². The molecule has 0 saturated heterocycles. The van der Waals surface area contributed by atoms with Crippen LogP contribution in [0.4, 0.5) is 0 Å². The molecular weight excluding hydrogens is 314 g/mol. The van der Waals surface area contributed by atoms with Crippen molar-refractivity contribution < 1.29 is 14.6 Å². The SMILES string of the molecule is CCCN(Cc1cccc(C)c1)C[C@H](O)COc1ccc(OC)cc1. The van der Waals surface area contributed by atoms with E-state index in [2.05, 4.69) is 43.0 Å². The highest BCUT2D eigenvalue weighted by Gasteiger charge is 2.13. The monoisotopic (exact) mass is 343 g/mol. The lowest BCUT2D eigenvalue weighted by molar-refractivity contribution is 0.0656. The van der Waals surface area contributed by atoms with Gasteiger partial charge in [-0.1, -0.05) is 36.8 Å². The van der Waals surface area contributed by atoms with E-state index in [4.69, 9.17) is 9.47 Å². The third-order valence-electron chi connectivity index (χ3n) is 4.00. The van der Waals surface area contributed by atoms with Crippen LogP contribution in [-0.4, -0.2) is 42.9 Å². The van der Waals surface area contributed by atoms with E-state index in [1.807, 2.05) is 24.3 Å². The van der Waals surface area contributed by atoms with Gasteiger partial charge in [0.1, 0.15) is 24.2 Å². The summed E-state index contributed by atoms with van der Waals surface area (Å²) in [5, 5.41) is 10.3. The molecular formula is C21H29NO3. The number of aryl methyl sites for hydroxylation is 1. The summed E-state index contributed by atoms with van der Waals surface area (Å²) in [7, 11) is 1.64. The van der Waals surface area contributed by atoms with Gasteiger partial charge in [0.25, 0.3) is 0 Å². The molecule has 0 aliphatic carbocycles. The van der Waals surface area contributed by atoms with Gasteiger partial charge in [-0.15, -0.1) is 0 Å². The molecule has 0 saturated carbocycles. The maximum Gasteiger partial charge on any atom is 0.119 e. The number of hydrogen-bond donors (Lipinski definition) is 1. The summed E-state index contributed by atoms with van der Waals surface area (Å²) in [5.74, 6) is 1.53. The quantitative estimate of drug-likeness (QED) is 0.715. The van der Waals surface area contributed by atoms with Crippen molar-refractivity contribution >= 4 is 0 Å². The van der Waals surface area contributed by atoms with Gasteiger partial charge in [0.05, 0.1) is 7.11 Å². The molecule has 0 aliphatic heterocycles. The van der Waals surface area contributed by atoms with Crippen LogP contribution in [0.5, 0.6) is 11.5 Å². The van der Waals surface area contributed by atoms with E-state index in [0.29, 0.717) is 6.54 Å². The summed E-state index contributed by atoms with van der Waals surface area (Å²) in [6.45, 7) is 6.93.